The highest BCUT2D eigenvalue weighted by Crippen LogP contribution is 2.39. The van der Waals surface area contributed by atoms with Gasteiger partial charge in [-0.1, -0.05) is 6.92 Å². The van der Waals surface area contributed by atoms with Crippen LogP contribution in [0.5, 0.6) is 0 Å². The molecule has 3 atom stereocenters. The van der Waals surface area contributed by atoms with Crippen molar-refractivity contribution >= 4 is 28.7 Å². The second-order valence-electron chi connectivity index (χ2n) is 11.3. The molecule has 6 rings (SSSR count). The summed E-state index contributed by atoms with van der Waals surface area (Å²) in [4.78, 5) is 22.5. The summed E-state index contributed by atoms with van der Waals surface area (Å²) in [5, 5.41) is 10.7. The number of pyridine rings is 1. The molecule has 2 fully saturated rings. The molecule has 0 bridgehead atoms. The number of amides is 1. The van der Waals surface area contributed by atoms with Gasteiger partial charge in [0.25, 0.3) is 0 Å². The van der Waals surface area contributed by atoms with Crippen LogP contribution in [-0.4, -0.2) is 63.9 Å². The van der Waals surface area contributed by atoms with Crippen molar-refractivity contribution in [3.63, 3.8) is 0 Å². The number of nitrogens with one attached hydrogen (secondary N) is 2. The van der Waals surface area contributed by atoms with Crippen LogP contribution >= 0.6 is 0 Å². The van der Waals surface area contributed by atoms with Crippen LogP contribution in [0.4, 0.5) is 30.5 Å². The lowest BCUT2D eigenvalue weighted by molar-refractivity contribution is -0.120. The zero-order valence-electron chi connectivity index (χ0n) is 23.9. The van der Waals surface area contributed by atoms with Gasteiger partial charge in [0.2, 0.25) is 11.9 Å². The number of carbonyl (C=O) groups is 1. The number of fused-ring (bicyclic) bond motifs is 1. The molecular formula is C30H33F3N8O2. The summed E-state index contributed by atoms with van der Waals surface area (Å²) >= 11 is 0. The number of nitrogens with two attached hydrogens (primary N) is 1. The highest BCUT2D eigenvalue weighted by atomic mass is 19.1. The van der Waals surface area contributed by atoms with Gasteiger partial charge in [0.05, 0.1) is 40.5 Å². The van der Waals surface area contributed by atoms with E-state index in [1.165, 1.54) is 17.5 Å². The van der Waals surface area contributed by atoms with Crippen LogP contribution in [-0.2, 0) is 15.2 Å². The summed E-state index contributed by atoms with van der Waals surface area (Å²) in [6.07, 6.45) is 4.98. The minimum atomic E-state index is -1.85. The van der Waals surface area contributed by atoms with E-state index in [1.54, 1.807) is 24.7 Å². The molecule has 2 aliphatic rings. The van der Waals surface area contributed by atoms with E-state index in [2.05, 4.69) is 30.6 Å². The third kappa shape index (κ3) is 5.62. The summed E-state index contributed by atoms with van der Waals surface area (Å²) in [5.74, 6) is -1.53. The van der Waals surface area contributed by atoms with Crippen LogP contribution in [0.3, 0.4) is 0 Å². The standard InChI is InChI=1S/C30H33F3N8O2/c1-17-15-40(16-23(34)28(17)37-18(2)42)26-5-8-35-14-25(26)38-29-36-13-20-3-4-24(39-41(20)29)27-21(31)11-19(12-22(27)32)30(33)6-9-43-10-7-30/h3-5,8,11-14,17,23,28H,6-7,9-10,15-16,34H2,1-2H3,(H,36,38)(H,37,42)/t17-,23+,28-/m0/s1. The molecule has 0 saturated carbocycles. The number of alkyl halides is 1. The Morgan fingerprint density at radius 1 is 1.12 bits per heavy atom. The average Bonchev–Trinajstić information content (AvgIpc) is 3.37. The zero-order chi connectivity index (χ0) is 30.3. The second kappa shape index (κ2) is 11.5. The number of rotatable bonds is 6. The molecule has 13 heteroatoms. The molecule has 4 aromatic rings. The molecule has 3 aromatic heterocycles. The van der Waals surface area contributed by atoms with Gasteiger partial charge in [-0.3, -0.25) is 9.78 Å². The van der Waals surface area contributed by atoms with Crippen molar-refractivity contribution < 1.29 is 22.7 Å². The van der Waals surface area contributed by atoms with Gasteiger partial charge in [0.1, 0.15) is 17.3 Å². The first kappa shape index (κ1) is 28.9. The predicted octanol–water partition coefficient (Wildman–Crippen LogP) is 4.08. The quantitative estimate of drug-likeness (QED) is 0.305. The Morgan fingerprint density at radius 3 is 2.56 bits per heavy atom. The zero-order valence-corrected chi connectivity index (χ0v) is 23.9. The molecule has 4 N–H and O–H groups in total. The fraction of sp³-hybridized carbons (Fsp3) is 0.400. The van der Waals surface area contributed by atoms with Crippen molar-refractivity contribution in [3.05, 3.63) is 66.1 Å². The molecule has 0 spiro atoms. The SMILES string of the molecule is CC(=O)N[C@@H]1[C@H](N)CN(c2ccncc2Nc2ncc3ccc(-c4c(F)cc(C5(F)CCOCC5)cc4F)nn23)C[C@@H]1C. The van der Waals surface area contributed by atoms with Gasteiger partial charge in [-0.25, -0.2) is 18.2 Å². The number of ether oxygens (including phenoxy) is 1. The van der Waals surface area contributed by atoms with E-state index in [1.807, 2.05) is 13.0 Å². The molecular weight excluding hydrogens is 561 g/mol. The number of anilines is 3. The number of aromatic nitrogens is 4. The Bertz CT molecular complexity index is 1620. The Kier molecular flexibility index (Phi) is 7.69. The van der Waals surface area contributed by atoms with Crippen molar-refractivity contribution in [2.75, 3.05) is 36.5 Å². The Balaban J connectivity index is 1.29. The van der Waals surface area contributed by atoms with Gasteiger partial charge in [-0.2, -0.15) is 9.61 Å². The Morgan fingerprint density at radius 2 is 1.86 bits per heavy atom. The molecule has 43 heavy (non-hydrogen) atoms. The Hall–Kier alpha value is -4.23. The second-order valence-corrected chi connectivity index (χ2v) is 11.3. The number of nitrogens with zero attached hydrogens (tertiary/aromatic N) is 5. The molecule has 0 radical (unpaired) electrons. The first-order valence-corrected chi connectivity index (χ1v) is 14.2. The Labute approximate surface area is 246 Å². The maximum Gasteiger partial charge on any atom is 0.229 e. The predicted molar refractivity (Wildman–Crippen MR) is 156 cm³/mol. The van der Waals surface area contributed by atoms with Crippen LogP contribution < -0.4 is 21.3 Å². The van der Waals surface area contributed by atoms with Crippen LogP contribution in [0.1, 0.15) is 32.3 Å². The molecule has 226 valence electrons. The monoisotopic (exact) mass is 594 g/mol. The summed E-state index contributed by atoms with van der Waals surface area (Å²) in [6.45, 7) is 5.04. The fourth-order valence-corrected chi connectivity index (χ4v) is 6.05. The van der Waals surface area contributed by atoms with Crippen LogP contribution in [0.2, 0.25) is 0 Å². The smallest absolute Gasteiger partial charge is 0.229 e. The summed E-state index contributed by atoms with van der Waals surface area (Å²) in [5.41, 5.74) is 6.29. The van der Waals surface area contributed by atoms with E-state index in [0.717, 1.165) is 17.8 Å². The lowest BCUT2D eigenvalue weighted by Gasteiger charge is -2.42. The van der Waals surface area contributed by atoms with E-state index in [9.17, 15) is 4.79 Å². The maximum absolute atomic E-state index is 15.4. The summed E-state index contributed by atoms with van der Waals surface area (Å²) < 4.78 is 52.8. The maximum atomic E-state index is 15.4. The van der Waals surface area contributed by atoms with Gasteiger partial charge in [0.15, 0.2) is 0 Å². The van der Waals surface area contributed by atoms with Crippen molar-refractivity contribution in [3.8, 4) is 11.3 Å². The van der Waals surface area contributed by atoms with Crippen LogP contribution in [0, 0.1) is 17.6 Å². The largest absolute Gasteiger partial charge is 0.381 e. The van der Waals surface area contributed by atoms with Crippen LogP contribution in [0.15, 0.2) is 48.9 Å². The van der Waals surface area contributed by atoms with Gasteiger partial charge in [0, 0.05) is 64.3 Å². The van der Waals surface area contributed by atoms with Gasteiger partial charge >= 0.3 is 0 Å². The van der Waals surface area contributed by atoms with E-state index in [-0.39, 0.29) is 66.8 Å². The number of imidazole rings is 1. The van der Waals surface area contributed by atoms with E-state index >= 15 is 13.2 Å². The number of halogens is 3. The van der Waals surface area contributed by atoms with Crippen molar-refractivity contribution in [1.82, 2.24) is 24.9 Å². The summed E-state index contributed by atoms with van der Waals surface area (Å²) in [6, 6.07) is 6.67. The highest BCUT2D eigenvalue weighted by Gasteiger charge is 2.36. The molecule has 0 aliphatic carbocycles. The number of carbonyl (C=O) groups excluding carboxylic acids is 1. The van der Waals surface area contributed by atoms with Gasteiger partial charge in [-0.15, -0.1) is 0 Å². The third-order valence-corrected chi connectivity index (χ3v) is 8.25. The molecule has 2 aliphatic heterocycles. The van der Waals surface area contributed by atoms with Gasteiger partial charge < -0.3 is 26.0 Å². The minimum Gasteiger partial charge on any atom is -0.381 e. The molecule has 10 nitrogen and oxygen atoms in total. The molecule has 0 unspecified atom stereocenters. The molecule has 1 aromatic carbocycles. The normalized spacial score (nSPS) is 22.0. The van der Waals surface area contributed by atoms with Crippen molar-refractivity contribution in [1.29, 1.82) is 0 Å². The number of hydrogen-bond donors (Lipinski definition) is 3. The van der Waals surface area contributed by atoms with E-state index < -0.39 is 17.3 Å². The van der Waals surface area contributed by atoms with Gasteiger partial charge in [-0.05, 0) is 41.8 Å². The lowest BCUT2D eigenvalue weighted by Crippen LogP contribution is -2.61. The first-order valence-electron chi connectivity index (χ1n) is 14.2. The topological polar surface area (TPSA) is 123 Å². The number of piperidine rings is 1. The number of benzene rings is 1. The van der Waals surface area contributed by atoms with Crippen LogP contribution in [0.25, 0.3) is 16.8 Å². The average molecular weight is 595 g/mol. The van der Waals surface area contributed by atoms with E-state index in [0.29, 0.717) is 30.2 Å². The van der Waals surface area contributed by atoms with E-state index in [4.69, 9.17) is 10.5 Å². The molecule has 5 heterocycles. The first-order chi connectivity index (χ1) is 20.6. The van der Waals surface area contributed by atoms with Crippen molar-refractivity contribution in [2.45, 2.75) is 44.4 Å². The lowest BCUT2D eigenvalue weighted by atomic mass is 9.87. The fourth-order valence-electron chi connectivity index (χ4n) is 6.05. The number of hydrogen-bond acceptors (Lipinski definition) is 8. The molecule has 1 amide bonds. The minimum absolute atomic E-state index is 0.0289. The third-order valence-electron chi connectivity index (χ3n) is 8.25. The highest BCUT2D eigenvalue weighted by molar-refractivity contribution is 5.75. The molecule has 2 saturated heterocycles. The summed E-state index contributed by atoms with van der Waals surface area (Å²) in [7, 11) is 0. The van der Waals surface area contributed by atoms with Crippen molar-refractivity contribution in [2.24, 2.45) is 11.7 Å².